The average molecular weight is 471 g/mol. The van der Waals surface area contributed by atoms with Crippen molar-refractivity contribution in [2.24, 2.45) is 11.7 Å². The number of rotatable bonds is 4. The van der Waals surface area contributed by atoms with E-state index < -0.39 is 0 Å². The fourth-order valence-corrected chi connectivity index (χ4v) is 4.22. The van der Waals surface area contributed by atoms with Gasteiger partial charge in [-0.25, -0.2) is 4.79 Å². The number of hydrogen-bond donors (Lipinski definition) is 2. The Labute approximate surface area is 197 Å². The third-order valence-corrected chi connectivity index (χ3v) is 6.62. The van der Waals surface area contributed by atoms with Gasteiger partial charge in [0.2, 0.25) is 0 Å². The number of thiol groups is 1. The number of nitrogens with two attached hydrogens (primary N) is 1. The number of ketones is 1. The molecule has 8 nitrogen and oxygen atoms in total. The molecule has 33 heavy (non-hydrogen) atoms. The molecule has 0 amide bonds. The number of carbonyl (C=O) groups is 1. The topological polar surface area (TPSA) is 113 Å². The van der Waals surface area contributed by atoms with Crippen LogP contribution in [-0.4, -0.2) is 25.6 Å². The third-order valence-electron chi connectivity index (χ3n) is 6.34. The highest BCUT2D eigenvalue weighted by molar-refractivity contribution is 7.80. The zero-order valence-electron chi connectivity index (χ0n) is 19.0. The summed E-state index contributed by atoms with van der Waals surface area (Å²) < 4.78 is 8.04. The first-order valence-electron chi connectivity index (χ1n) is 11.3. The van der Waals surface area contributed by atoms with Crippen molar-refractivity contribution in [1.82, 2.24) is 14.3 Å². The van der Waals surface area contributed by atoms with Crippen LogP contribution in [-0.2, 0) is 17.9 Å². The van der Waals surface area contributed by atoms with E-state index in [-0.39, 0.29) is 35.0 Å². The zero-order chi connectivity index (χ0) is 23.8. The molecule has 0 unspecified atom stereocenters. The van der Waals surface area contributed by atoms with Crippen LogP contribution in [0.25, 0.3) is 10.9 Å². The summed E-state index contributed by atoms with van der Waals surface area (Å²) in [5, 5.41) is 4.27. The molecule has 0 spiro atoms. The van der Waals surface area contributed by atoms with Gasteiger partial charge in [0.05, 0.1) is 23.1 Å². The second kappa shape index (κ2) is 9.30. The minimum Gasteiger partial charge on any atom is -0.359 e. The van der Waals surface area contributed by atoms with Crippen LogP contribution in [0.5, 0.6) is 0 Å². The molecule has 2 saturated carbocycles. The number of aryl methyl sites for hydroxylation is 1. The molecular formula is C24H30N4O4S. The first-order valence-corrected chi connectivity index (χ1v) is 11.8. The summed E-state index contributed by atoms with van der Waals surface area (Å²) >= 11 is 4.34. The summed E-state index contributed by atoms with van der Waals surface area (Å²) in [4.78, 5) is 38.4. The van der Waals surface area contributed by atoms with Crippen LogP contribution in [0.2, 0.25) is 0 Å². The van der Waals surface area contributed by atoms with E-state index in [1.807, 2.05) is 0 Å². The minimum absolute atomic E-state index is 0.0222. The van der Waals surface area contributed by atoms with Crippen molar-refractivity contribution in [2.45, 2.75) is 75.9 Å². The van der Waals surface area contributed by atoms with E-state index in [9.17, 15) is 14.4 Å². The molecule has 0 radical (unpaired) electrons. The lowest BCUT2D eigenvalue weighted by Gasteiger charge is -2.23. The van der Waals surface area contributed by atoms with Gasteiger partial charge in [0.15, 0.2) is 5.76 Å². The predicted molar refractivity (Wildman–Crippen MR) is 129 cm³/mol. The van der Waals surface area contributed by atoms with Gasteiger partial charge >= 0.3 is 5.69 Å². The monoisotopic (exact) mass is 470 g/mol. The summed E-state index contributed by atoms with van der Waals surface area (Å²) in [7, 11) is 0. The first-order chi connectivity index (χ1) is 15.6. The molecule has 3 aromatic rings. The van der Waals surface area contributed by atoms with Crippen molar-refractivity contribution in [1.29, 1.82) is 0 Å². The maximum absolute atomic E-state index is 13.2. The molecule has 9 heteroatoms. The molecule has 2 fully saturated rings. The molecule has 2 aliphatic rings. The summed E-state index contributed by atoms with van der Waals surface area (Å²) in [5.41, 5.74) is 6.24. The van der Waals surface area contributed by atoms with Gasteiger partial charge in [-0.2, -0.15) is 0 Å². The van der Waals surface area contributed by atoms with Crippen LogP contribution in [0.3, 0.4) is 0 Å². The molecule has 176 valence electrons. The van der Waals surface area contributed by atoms with Crippen molar-refractivity contribution in [3.63, 3.8) is 0 Å². The first kappa shape index (κ1) is 23.5. The summed E-state index contributed by atoms with van der Waals surface area (Å²) in [6, 6.07) is 6.93. The second-order valence-electron chi connectivity index (χ2n) is 9.56. The quantitative estimate of drug-likeness (QED) is 0.567. The Morgan fingerprint density at radius 3 is 2.39 bits per heavy atom. The van der Waals surface area contributed by atoms with Crippen LogP contribution < -0.4 is 17.0 Å². The van der Waals surface area contributed by atoms with Crippen molar-refractivity contribution in [2.75, 3.05) is 0 Å². The Morgan fingerprint density at radius 1 is 1.15 bits per heavy atom. The number of aromatic nitrogens is 3. The normalized spacial score (nSPS) is 17.6. The number of Topliss-reactive ketones (excluding diaryl/α,β-unsaturated/α-hetero) is 1. The molecule has 2 aliphatic carbocycles. The van der Waals surface area contributed by atoms with Crippen LogP contribution in [0.1, 0.15) is 56.9 Å². The van der Waals surface area contributed by atoms with E-state index in [0.717, 1.165) is 12.8 Å². The summed E-state index contributed by atoms with van der Waals surface area (Å²) in [6.45, 7) is 4.36. The number of fused-ring (bicyclic) bond motifs is 1. The van der Waals surface area contributed by atoms with Gasteiger partial charge in [-0.05, 0) is 63.6 Å². The van der Waals surface area contributed by atoms with Crippen molar-refractivity contribution in [3.05, 3.63) is 56.6 Å². The van der Waals surface area contributed by atoms with Gasteiger partial charge in [-0.1, -0.05) is 5.16 Å². The molecule has 1 aromatic carbocycles. The van der Waals surface area contributed by atoms with Crippen molar-refractivity contribution < 1.29 is 9.32 Å². The van der Waals surface area contributed by atoms with Gasteiger partial charge in [-0.15, -0.1) is 12.6 Å². The van der Waals surface area contributed by atoms with Crippen LogP contribution in [0.4, 0.5) is 0 Å². The number of carbonyl (C=O) groups excluding carboxylic acids is 1. The highest BCUT2D eigenvalue weighted by Gasteiger charge is 2.31. The smallest absolute Gasteiger partial charge is 0.331 e. The highest BCUT2D eigenvalue weighted by Crippen LogP contribution is 2.30. The molecule has 0 atom stereocenters. The number of nitrogens with zero attached hydrogens (tertiary/aromatic N) is 3. The summed E-state index contributed by atoms with van der Waals surface area (Å²) in [6.07, 6.45) is 5.08. The lowest BCUT2D eigenvalue weighted by molar-refractivity contribution is -0.121. The predicted octanol–water partition coefficient (Wildman–Crippen LogP) is 3.05. The Hall–Kier alpha value is -2.65. The minimum atomic E-state index is -0.379. The maximum Gasteiger partial charge on any atom is 0.331 e. The average Bonchev–Trinajstić information content (AvgIpc) is 3.31. The van der Waals surface area contributed by atoms with E-state index >= 15 is 0 Å². The molecule has 0 aliphatic heterocycles. The molecule has 5 rings (SSSR count). The number of hydrogen-bond acceptors (Lipinski definition) is 7. The van der Waals surface area contributed by atoms with Gasteiger partial charge in [-0.3, -0.25) is 18.7 Å². The summed E-state index contributed by atoms with van der Waals surface area (Å²) in [5.74, 6) is 0.958. The van der Waals surface area contributed by atoms with Crippen LogP contribution in [0.15, 0.2) is 43.3 Å². The highest BCUT2D eigenvalue weighted by atomic mass is 32.1. The largest absolute Gasteiger partial charge is 0.359 e. The maximum atomic E-state index is 13.2. The fraction of sp³-hybridized carbons (Fsp3) is 0.500. The lowest BCUT2D eigenvalue weighted by atomic mass is 9.88. The van der Waals surface area contributed by atoms with E-state index in [4.69, 9.17) is 10.3 Å². The van der Waals surface area contributed by atoms with E-state index in [2.05, 4.69) is 24.7 Å². The van der Waals surface area contributed by atoms with Crippen LogP contribution in [0, 0.1) is 12.8 Å². The molecular weight excluding hydrogens is 440 g/mol. The zero-order valence-corrected chi connectivity index (χ0v) is 19.9. The standard InChI is InChI=1S/C20H21N3O4S.C4H9N/c1-12-8-15(27-21-12)11-23-19(25)17-9-16(28)6-7-18(17)22(20(23)26)10-13-2-4-14(24)5-3-13;1-4(5)2-3-4/h6-9,13,28H,2-5,10-11H2,1H3;2-3,5H2,1H3. The Morgan fingerprint density at radius 2 is 1.82 bits per heavy atom. The third kappa shape index (κ3) is 5.65. The van der Waals surface area contributed by atoms with Crippen molar-refractivity contribution in [3.8, 4) is 0 Å². The Balaban J connectivity index is 0.000000459. The van der Waals surface area contributed by atoms with Crippen LogP contribution >= 0.6 is 12.6 Å². The molecule has 0 saturated heterocycles. The van der Waals surface area contributed by atoms with Crippen molar-refractivity contribution >= 4 is 29.3 Å². The van der Waals surface area contributed by atoms with Gasteiger partial charge < -0.3 is 10.3 Å². The Kier molecular flexibility index (Phi) is 6.63. The van der Waals surface area contributed by atoms with E-state index in [1.54, 1.807) is 35.8 Å². The van der Waals surface area contributed by atoms with Gasteiger partial charge in [0.1, 0.15) is 5.78 Å². The number of benzene rings is 1. The molecule has 2 heterocycles. The Bertz CT molecular complexity index is 1290. The molecule has 2 aromatic heterocycles. The second-order valence-corrected chi connectivity index (χ2v) is 10.1. The molecule has 0 bridgehead atoms. The molecule has 2 N–H and O–H groups in total. The van der Waals surface area contributed by atoms with E-state index in [0.29, 0.717) is 46.6 Å². The van der Waals surface area contributed by atoms with E-state index in [1.165, 1.54) is 17.4 Å². The van der Waals surface area contributed by atoms with Gasteiger partial charge in [0.25, 0.3) is 5.56 Å². The van der Waals surface area contributed by atoms with Gasteiger partial charge in [0, 0.05) is 35.9 Å². The lowest BCUT2D eigenvalue weighted by Crippen LogP contribution is -2.41. The fourth-order valence-electron chi connectivity index (χ4n) is 4.01. The SMILES string of the molecule is CC1(N)CC1.Cc1cc(Cn2c(=O)c3cc(S)ccc3n(CC3CCC(=O)CC3)c2=O)on1.